The molecule has 0 aromatic heterocycles. The lowest BCUT2D eigenvalue weighted by Crippen LogP contribution is -2.30. The van der Waals surface area contributed by atoms with Crippen LogP contribution in [0.1, 0.15) is 11.1 Å². The predicted octanol–water partition coefficient (Wildman–Crippen LogP) is 4.67. The number of halogens is 2. The van der Waals surface area contributed by atoms with E-state index in [1.165, 1.54) is 4.90 Å². The maximum atomic E-state index is 12.7. The summed E-state index contributed by atoms with van der Waals surface area (Å²) in [5.74, 6) is -0.177. The van der Waals surface area contributed by atoms with Gasteiger partial charge in [-0.05, 0) is 66.7 Å². The molecule has 0 aliphatic carbocycles. The van der Waals surface area contributed by atoms with Gasteiger partial charge < -0.3 is 5.32 Å². The summed E-state index contributed by atoms with van der Waals surface area (Å²) < 4.78 is 0.985. The van der Waals surface area contributed by atoms with Crippen LogP contribution in [0.5, 0.6) is 0 Å². The molecule has 1 N–H and O–H groups in total. The van der Waals surface area contributed by atoms with Crippen LogP contribution in [-0.4, -0.2) is 11.0 Å². The van der Waals surface area contributed by atoms with Gasteiger partial charge in [0.1, 0.15) is 5.70 Å². The molecule has 0 unspecified atom stereocenters. The van der Waals surface area contributed by atoms with Crippen molar-refractivity contribution in [3.8, 4) is 0 Å². The molecule has 3 nitrogen and oxygen atoms in total. The monoisotopic (exact) mass is 406 g/mol. The van der Waals surface area contributed by atoms with Gasteiger partial charge in [0.2, 0.25) is 0 Å². The lowest BCUT2D eigenvalue weighted by molar-refractivity contribution is -0.113. The number of hydrogen-bond acceptors (Lipinski definition) is 2. The van der Waals surface area contributed by atoms with Crippen LogP contribution in [0.15, 0.2) is 52.6 Å². The minimum atomic E-state index is -0.177. The van der Waals surface area contributed by atoms with Crippen LogP contribution < -0.4 is 10.2 Å². The van der Waals surface area contributed by atoms with E-state index in [0.717, 1.165) is 21.3 Å². The van der Waals surface area contributed by atoms with Crippen molar-refractivity contribution in [2.24, 2.45) is 0 Å². The molecule has 1 aliphatic rings. The number of carbonyl (C=O) groups is 1. The molecule has 0 bridgehead atoms. The van der Waals surface area contributed by atoms with Crippen molar-refractivity contribution in [3.05, 3.63) is 68.8 Å². The van der Waals surface area contributed by atoms with Crippen LogP contribution in [0.25, 0.3) is 6.08 Å². The minimum Gasteiger partial charge on any atom is -0.327 e. The third-order valence-electron chi connectivity index (χ3n) is 3.46. The standard InChI is InChI=1S/C17H12BrClN2OS/c1-10-8-13(19)6-7-15(10)21-16(22)14(20-17(21)23)9-11-2-4-12(18)5-3-11/h2-9H,1H3,(H,20,23)/b14-9+. The van der Waals surface area contributed by atoms with Crippen LogP contribution in [0, 0.1) is 6.92 Å². The number of nitrogens with zero attached hydrogens (tertiary/aromatic N) is 1. The van der Waals surface area contributed by atoms with Crippen molar-refractivity contribution in [1.29, 1.82) is 0 Å². The molecule has 23 heavy (non-hydrogen) atoms. The Kier molecular flexibility index (Phi) is 4.53. The Hall–Kier alpha value is -1.69. The zero-order valence-corrected chi connectivity index (χ0v) is 15.3. The highest BCUT2D eigenvalue weighted by molar-refractivity contribution is 9.10. The van der Waals surface area contributed by atoms with Crippen molar-refractivity contribution in [1.82, 2.24) is 5.32 Å². The van der Waals surface area contributed by atoms with Gasteiger partial charge in [-0.3, -0.25) is 9.69 Å². The SMILES string of the molecule is Cc1cc(Cl)ccc1N1C(=O)/C(=C\c2ccc(Br)cc2)NC1=S. The molecular formula is C17H12BrClN2OS. The Morgan fingerprint density at radius 3 is 2.57 bits per heavy atom. The number of anilines is 1. The fraction of sp³-hybridized carbons (Fsp3) is 0.0588. The molecular weight excluding hydrogens is 396 g/mol. The molecule has 1 aliphatic heterocycles. The van der Waals surface area contributed by atoms with E-state index in [-0.39, 0.29) is 5.91 Å². The molecule has 1 fully saturated rings. The van der Waals surface area contributed by atoms with E-state index in [1.54, 1.807) is 18.2 Å². The molecule has 2 aromatic carbocycles. The quantitative estimate of drug-likeness (QED) is 0.580. The highest BCUT2D eigenvalue weighted by Gasteiger charge is 2.32. The summed E-state index contributed by atoms with van der Waals surface area (Å²) in [5.41, 5.74) is 2.99. The smallest absolute Gasteiger partial charge is 0.281 e. The van der Waals surface area contributed by atoms with E-state index >= 15 is 0 Å². The lowest BCUT2D eigenvalue weighted by atomic mass is 10.1. The molecule has 3 rings (SSSR count). The molecule has 6 heteroatoms. The van der Waals surface area contributed by atoms with Crippen molar-refractivity contribution >= 4 is 62.5 Å². The molecule has 2 aromatic rings. The number of aryl methyl sites for hydroxylation is 1. The van der Waals surface area contributed by atoms with Gasteiger partial charge >= 0.3 is 0 Å². The zero-order chi connectivity index (χ0) is 16.6. The van der Waals surface area contributed by atoms with Gasteiger partial charge in [-0.2, -0.15) is 0 Å². The number of amides is 1. The Labute approximate surface area is 153 Å². The van der Waals surface area contributed by atoms with E-state index in [4.69, 9.17) is 23.8 Å². The molecule has 1 amide bonds. The topological polar surface area (TPSA) is 32.3 Å². The fourth-order valence-corrected chi connectivity index (χ4v) is 3.13. The van der Waals surface area contributed by atoms with Gasteiger partial charge in [0, 0.05) is 9.50 Å². The Balaban J connectivity index is 1.95. The van der Waals surface area contributed by atoms with E-state index in [2.05, 4.69) is 21.2 Å². The van der Waals surface area contributed by atoms with E-state index in [9.17, 15) is 4.79 Å². The Morgan fingerprint density at radius 2 is 1.91 bits per heavy atom. The number of thiocarbonyl (C=S) groups is 1. The molecule has 0 saturated carbocycles. The van der Waals surface area contributed by atoms with Crippen molar-refractivity contribution in [3.63, 3.8) is 0 Å². The summed E-state index contributed by atoms with van der Waals surface area (Å²) >= 11 is 14.7. The number of hydrogen-bond donors (Lipinski definition) is 1. The Bertz CT molecular complexity index is 833. The van der Waals surface area contributed by atoms with Crippen molar-refractivity contribution in [2.45, 2.75) is 6.92 Å². The van der Waals surface area contributed by atoms with Crippen LogP contribution in [0.3, 0.4) is 0 Å². The van der Waals surface area contributed by atoms with Crippen LogP contribution >= 0.6 is 39.7 Å². The number of rotatable bonds is 2. The summed E-state index contributed by atoms with van der Waals surface area (Å²) in [4.78, 5) is 14.2. The van der Waals surface area contributed by atoms with Crippen molar-refractivity contribution < 1.29 is 4.79 Å². The highest BCUT2D eigenvalue weighted by Crippen LogP contribution is 2.28. The second kappa shape index (κ2) is 6.43. The van der Waals surface area contributed by atoms with Crippen LogP contribution in [0.4, 0.5) is 5.69 Å². The van der Waals surface area contributed by atoms with Crippen LogP contribution in [0.2, 0.25) is 5.02 Å². The second-order valence-electron chi connectivity index (χ2n) is 5.11. The second-order valence-corrected chi connectivity index (χ2v) is 6.85. The Morgan fingerprint density at radius 1 is 1.22 bits per heavy atom. The van der Waals surface area contributed by atoms with Gasteiger partial charge in [-0.15, -0.1) is 0 Å². The van der Waals surface area contributed by atoms with Gasteiger partial charge in [0.25, 0.3) is 5.91 Å². The van der Waals surface area contributed by atoms with Crippen LogP contribution in [-0.2, 0) is 4.79 Å². The van der Waals surface area contributed by atoms with Gasteiger partial charge in [-0.1, -0.05) is 39.7 Å². The van der Waals surface area contributed by atoms with Gasteiger partial charge in [-0.25, -0.2) is 0 Å². The molecule has 0 radical (unpaired) electrons. The van der Waals surface area contributed by atoms with E-state index in [0.29, 0.717) is 15.8 Å². The number of carbonyl (C=O) groups excluding carboxylic acids is 1. The first-order valence-corrected chi connectivity index (χ1v) is 8.42. The summed E-state index contributed by atoms with van der Waals surface area (Å²) in [6.07, 6.45) is 1.78. The first-order valence-electron chi connectivity index (χ1n) is 6.84. The molecule has 1 saturated heterocycles. The number of benzene rings is 2. The first-order chi connectivity index (χ1) is 11.0. The minimum absolute atomic E-state index is 0.177. The average Bonchev–Trinajstić information content (AvgIpc) is 2.77. The first kappa shape index (κ1) is 16.2. The lowest BCUT2D eigenvalue weighted by Gasteiger charge is -2.16. The third-order valence-corrected chi connectivity index (χ3v) is 4.51. The maximum Gasteiger partial charge on any atom is 0.281 e. The summed E-state index contributed by atoms with van der Waals surface area (Å²) in [6, 6.07) is 13.0. The molecule has 116 valence electrons. The van der Waals surface area contributed by atoms with E-state index < -0.39 is 0 Å². The predicted molar refractivity (Wildman–Crippen MR) is 102 cm³/mol. The van der Waals surface area contributed by atoms with Gasteiger partial charge in [0.05, 0.1) is 5.69 Å². The normalized spacial score (nSPS) is 16.1. The van der Waals surface area contributed by atoms with E-state index in [1.807, 2.05) is 37.3 Å². The van der Waals surface area contributed by atoms with Gasteiger partial charge in [0.15, 0.2) is 5.11 Å². The highest BCUT2D eigenvalue weighted by atomic mass is 79.9. The fourth-order valence-electron chi connectivity index (χ4n) is 2.35. The summed E-state index contributed by atoms with van der Waals surface area (Å²) in [5, 5.41) is 3.97. The van der Waals surface area contributed by atoms with Crippen molar-refractivity contribution in [2.75, 3.05) is 4.90 Å². The molecule has 1 heterocycles. The number of nitrogens with one attached hydrogen (secondary N) is 1. The largest absolute Gasteiger partial charge is 0.327 e. The maximum absolute atomic E-state index is 12.7. The average molecular weight is 408 g/mol. The summed E-state index contributed by atoms with van der Waals surface area (Å²) in [6.45, 7) is 1.90. The molecule has 0 spiro atoms. The summed E-state index contributed by atoms with van der Waals surface area (Å²) in [7, 11) is 0. The zero-order valence-electron chi connectivity index (χ0n) is 12.1. The third kappa shape index (κ3) is 3.32. The molecule has 0 atom stereocenters.